The van der Waals surface area contributed by atoms with E-state index in [-0.39, 0.29) is 6.04 Å². The highest BCUT2D eigenvalue weighted by molar-refractivity contribution is 5.84. The number of aryl methyl sites for hydroxylation is 2. The second kappa shape index (κ2) is 3.73. The summed E-state index contributed by atoms with van der Waals surface area (Å²) in [5, 5.41) is 3.49. The summed E-state index contributed by atoms with van der Waals surface area (Å²) in [5.74, 6) is 0.904. The van der Waals surface area contributed by atoms with Gasteiger partial charge in [-0.25, -0.2) is 4.98 Å². The number of pyridine rings is 1. The second-order valence-electron chi connectivity index (χ2n) is 5.02. The van der Waals surface area contributed by atoms with Crippen molar-refractivity contribution < 1.29 is 0 Å². The Bertz CT molecular complexity index is 621. The number of nitrogens with zero attached hydrogens (tertiary/aromatic N) is 1. The minimum atomic E-state index is 0.163. The van der Waals surface area contributed by atoms with Crippen molar-refractivity contribution in [3.05, 3.63) is 52.3 Å². The second-order valence-corrected chi connectivity index (χ2v) is 5.02. The highest BCUT2D eigenvalue weighted by Crippen LogP contribution is 2.36. The maximum Gasteiger partial charge on any atom is 0.136 e. The molecule has 2 heterocycles. The number of nitrogens with two attached hydrogens (primary N) is 1. The average molecular weight is 239 g/mol. The Morgan fingerprint density at radius 1 is 1.28 bits per heavy atom. The van der Waals surface area contributed by atoms with Gasteiger partial charge in [0.25, 0.3) is 0 Å². The molecule has 1 atom stereocenters. The third-order valence-electron chi connectivity index (χ3n) is 3.61. The molecular formula is C15H17N3. The molecule has 1 aromatic rings. The molecule has 1 aliphatic heterocycles. The number of fused-ring (bicyclic) bond motifs is 2. The van der Waals surface area contributed by atoms with Crippen molar-refractivity contribution in [2.24, 2.45) is 5.73 Å². The summed E-state index contributed by atoms with van der Waals surface area (Å²) in [7, 11) is 0. The Morgan fingerprint density at radius 3 is 2.83 bits per heavy atom. The van der Waals surface area contributed by atoms with Crippen LogP contribution in [0.3, 0.4) is 0 Å². The van der Waals surface area contributed by atoms with Crippen molar-refractivity contribution in [1.82, 2.24) is 4.98 Å². The van der Waals surface area contributed by atoms with Gasteiger partial charge in [-0.05, 0) is 38.0 Å². The Labute approximate surface area is 107 Å². The van der Waals surface area contributed by atoms with Crippen LogP contribution in [0.5, 0.6) is 0 Å². The molecule has 0 saturated heterocycles. The van der Waals surface area contributed by atoms with Crippen LogP contribution in [0.25, 0.3) is 5.70 Å². The van der Waals surface area contributed by atoms with Crippen LogP contribution in [0.2, 0.25) is 0 Å². The van der Waals surface area contributed by atoms with E-state index in [9.17, 15) is 0 Å². The van der Waals surface area contributed by atoms with Gasteiger partial charge in [0.15, 0.2) is 0 Å². The van der Waals surface area contributed by atoms with E-state index in [0.29, 0.717) is 0 Å². The summed E-state index contributed by atoms with van der Waals surface area (Å²) < 4.78 is 0. The fourth-order valence-electron chi connectivity index (χ4n) is 2.74. The molecule has 0 bridgehead atoms. The molecule has 0 radical (unpaired) electrons. The van der Waals surface area contributed by atoms with Crippen molar-refractivity contribution in [3.8, 4) is 0 Å². The number of aromatic nitrogens is 1. The zero-order chi connectivity index (χ0) is 12.9. The smallest absolute Gasteiger partial charge is 0.136 e. The zero-order valence-electron chi connectivity index (χ0n) is 10.9. The highest BCUT2D eigenvalue weighted by Gasteiger charge is 2.28. The van der Waals surface area contributed by atoms with E-state index >= 15 is 0 Å². The van der Waals surface area contributed by atoms with Gasteiger partial charge in [-0.2, -0.15) is 0 Å². The van der Waals surface area contributed by atoms with E-state index in [1.54, 1.807) is 0 Å². The van der Waals surface area contributed by atoms with Crippen molar-refractivity contribution in [2.45, 2.75) is 26.8 Å². The number of hydrogen-bond acceptors (Lipinski definition) is 3. The number of allylic oxidation sites excluding steroid dienone is 2. The first-order valence-electron chi connectivity index (χ1n) is 6.17. The third-order valence-corrected chi connectivity index (χ3v) is 3.61. The van der Waals surface area contributed by atoms with Gasteiger partial charge in [0.1, 0.15) is 5.82 Å². The van der Waals surface area contributed by atoms with Gasteiger partial charge in [0.2, 0.25) is 0 Å². The summed E-state index contributed by atoms with van der Waals surface area (Å²) in [6.07, 6.45) is 6.25. The lowest BCUT2D eigenvalue weighted by atomic mass is 9.87. The molecule has 1 aromatic heterocycles. The molecule has 3 heteroatoms. The monoisotopic (exact) mass is 239 g/mol. The zero-order valence-corrected chi connectivity index (χ0v) is 10.9. The summed E-state index contributed by atoms with van der Waals surface area (Å²) in [6, 6.07) is 2.24. The Kier molecular flexibility index (Phi) is 2.30. The van der Waals surface area contributed by atoms with Gasteiger partial charge in [-0.3, -0.25) is 0 Å². The first-order chi connectivity index (χ1) is 8.58. The van der Waals surface area contributed by atoms with Crippen molar-refractivity contribution in [1.29, 1.82) is 0 Å². The standard InChI is InChI=1S/C15H17N3/c1-8-5-4-6-11-13(16)12-9(2)7-10(3)17-15(12)18-14(8)11/h4-7,14H,16H2,1-3H3,(H,17,18). The predicted molar refractivity (Wildman–Crippen MR) is 75.1 cm³/mol. The maximum absolute atomic E-state index is 6.34. The number of anilines is 1. The molecule has 2 aliphatic rings. The van der Waals surface area contributed by atoms with Crippen LogP contribution in [0.4, 0.5) is 5.82 Å². The van der Waals surface area contributed by atoms with Gasteiger partial charge >= 0.3 is 0 Å². The fourth-order valence-corrected chi connectivity index (χ4v) is 2.74. The van der Waals surface area contributed by atoms with Crippen molar-refractivity contribution in [3.63, 3.8) is 0 Å². The molecule has 18 heavy (non-hydrogen) atoms. The van der Waals surface area contributed by atoms with Crippen LogP contribution < -0.4 is 11.1 Å². The van der Waals surface area contributed by atoms with Crippen LogP contribution in [0, 0.1) is 13.8 Å². The lowest BCUT2D eigenvalue weighted by Gasteiger charge is -2.32. The summed E-state index contributed by atoms with van der Waals surface area (Å²) in [4.78, 5) is 4.57. The van der Waals surface area contributed by atoms with Crippen LogP contribution in [0.15, 0.2) is 35.4 Å². The Hall–Kier alpha value is -2.03. The van der Waals surface area contributed by atoms with Crippen molar-refractivity contribution >= 4 is 11.5 Å². The van der Waals surface area contributed by atoms with Gasteiger partial charge in [-0.1, -0.05) is 18.2 Å². The van der Waals surface area contributed by atoms with Gasteiger partial charge in [-0.15, -0.1) is 0 Å². The topological polar surface area (TPSA) is 50.9 Å². The van der Waals surface area contributed by atoms with Crippen LogP contribution >= 0.6 is 0 Å². The predicted octanol–water partition coefficient (Wildman–Crippen LogP) is 2.68. The molecular weight excluding hydrogens is 222 g/mol. The molecule has 3 nitrogen and oxygen atoms in total. The molecule has 3 N–H and O–H groups in total. The number of nitrogens with one attached hydrogen (secondary N) is 1. The Balaban J connectivity index is 2.25. The van der Waals surface area contributed by atoms with E-state index in [1.165, 1.54) is 11.1 Å². The Morgan fingerprint density at radius 2 is 2.06 bits per heavy atom. The number of hydrogen-bond donors (Lipinski definition) is 2. The first-order valence-corrected chi connectivity index (χ1v) is 6.17. The summed E-state index contributed by atoms with van der Waals surface area (Å²) in [5.41, 5.74) is 12.8. The van der Waals surface area contributed by atoms with E-state index < -0.39 is 0 Å². The SMILES string of the molecule is CC1=CC=CC2=C(N)c3c(C)cc(C)nc3NC12. The quantitative estimate of drug-likeness (QED) is 0.732. The van der Waals surface area contributed by atoms with E-state index in [2.05, 4.69) is 48.4 Å². The summed E-state index contributed by atoms with van der Waals surface area (Å²) >= 11 is 0. The molecule has 1 aliphatic carbocycles. The molecule has 92 valence electrons. The molecule has 0 spiro atoms. The molecule has 3 rings (SSSR count). The normalized spacial score (nSPS) is 21.1. The van der Waals surface area contributed by atoms with E-state index in [4.69, 9.17) is 5.73 Å². The molecule has 0 fully saturated rings. The lowest BCUT2D eigenvalue weighted by Crippen LogP contribution is -2.32. The maximum atomic E-state index is 6.34. The van der Waals surface area contributed by atoms with Crippen LogP contribution in [0.1, 0.15) is 23.7 Å². The fraction of sp³-hybridized carbons (Fsp3) is 0.267. The molecule has 0 saturated carbocycles. The molecule has 0 aromatic carbocycles. The van der Waals surface area contributed by atoms with E-state index in [1.807, 2.05) is 6.92 Å². The van der Waals surface area contributed by atoms with Crippen LogP contribution in [-0.2, 0) is 0 Å². The van der Waals surface area contributed by atoms with Gasteiger partial charge < -0.3 is 11.1 Å². The molecule has 1 unspecified atom stereocenters. The van der Waals surface area contributed by atoms with Gasteiger partial charge in [0, 0.05) is 22.5 Å². The molecule has 0 amide bonds. The summed E-state index contributed by atoms with van der Waals surface area (Å²) in [6.45, 7) is 6.20. The van der Waals surface area contributed by atoms with E-state index in [0.717, 1.165) is 28.3 Å². The minimum Gasteiger partial charge on any atom is -0.398 e. The number of rotatable bonds is 0. The minimum absolute atomic E-state index is 0.163. The average Bonchev–Trinajstić information content (AvgIpc) is 2.30. The largest absolute Gasteiger partial charge is 0.398 e. The van der Waals surface area contributed by atoms with Crippen molar-refractivity contribution in [2.75, 3.05) is 5.32 Å². The van der Waals surface area contributed by atoms with Gasteiger partial charge in [0.05, 0.1) is 6.04 Å². The first kappa shape index (κ1) is 11.1. The lowest BCUT2D eigenvalue weighted by molar-refractivity contribution is 0.924. The third kappa shape index (κ3) is 1.47. The highest BCUT2D eigenvalue weighted by atomic mass is 15.0. The van der Waals surface area contributed by atoms with Crippen LogP contribution in [-0.4, -0.2) is 11.0 Å².